The third-order valence-corrected chi connectivity index (χ3v) is 3.87. The summed E-state index contributed by atoms with van der Waals surface area (Å²) in [4.78, 5) is 11.0. The molecule has 1 N–H and O–H groups in total. The van der Waals surface area contributed by atoms with Crippen LogP contribution in [-0.4, -0.2) is 20.9 Å². The summed E-state index contributed by atoms with van der Waals surface area (Å²) in [7, 11) is 0. The molecule has 0 radical (unpaired) electrons. The molecule has 0 aliphatic carbocycles. The highest BCUT2D eigenvalue weighted by molar-refractivity contribution is 9.10. The van der Waals surface area contributed by atoms with Gasteiger partial charge in [-0.2, -0.15) is 5.10 Å². The van der Waals surface area contributed by atoms with E-state index in [2.05, 4.69) is 21.0 Å². The van der Waals surface area contributed by atoms with Crippen molar-refractivity contribution in [2.75, 3.05) is 0 Å². The molecule has 1 heterocycles. The van der Waals surface area contributed by atoms with Gasteiger partial charge in [-0.1, -0.05) is 23.2 Å². The Hall–Kier alpha value is -1.04. The number of aromatic carboxylic acids is 1. The summed E-state index contributed by atoms with van der Waals surface area (Å²) in [6.07, 6.45) is 0. The van der Waals surface area contributed by atoms with E-state index in [4.69, 9.17) is 28.3 Å². The standard InChI is InChI=1S/C11H7BrCl2N2O2/c1-5-9(12)10(11(17)18)15-16(5)8-3-2-6(13)4-7(8)14/h2-4H,1H3,(H,17,18). The van der Waals surface area contributed by atoms with Crippen LogP contribution in [0.3, 0.4) is 0 Å². The molecule has 0 amide bonds. The van der Waals surface area contributed by atoms with Crippen molar-refractivity contribution in [3.05, 3.63) is 44.1 Å². The van der Waals surface area contributed by atoms with E-state index in [9.17, 15) is 4.79 Å². The zero-order chi connectivity index (χ0) is 13.4. The van der Waals surface area contributed by atoms with Gasteiger partial charge >= 0.3 is 5.97 Å². The SMILES string of the molecule is Cc1c(Br)c(C(=O)O)nn1-c1ccc(Cl)cc1Cl. The lowest BCUT2D eigenvalue weighted by molar-refractivity contribution is 0.0689. The molecule has 0 spiro atoms. The number of benzene rings is 1. The van der Waals surface area contributed by atoms with Crippen LogP contribution in [-0.2, 0) is 0 Å². The van der Waals surface area contributed by atoms with Crippen LogP contribution in [0.4, 0.5) is 0 Å². The van der Waals surface area contributed by atoms with E-state index in [1.165, 1.54) is 4.68 Å². The fraction of sp³-hybridized carbons (Fsp3) is 0.0909. The van der Waals surface area contributed by atoms with Crippen LogP contribution in [0.15, 0.2) is 22.7 Å². The zero-order valence-corrected chi connectivity index (χ0v) is 12.2. The molecule has 94 valence electrons. The van der Waals surface area contributed by atoms with E-state index in [1.807, 2.05) is 0 Å². The van der Waals surface area contributed by atoms with Gasteiger partial charge in [0.05, 0.1) is 20.9 Å². The molecule has 18 heavy (non-hydrogen) atoms. The van der Waals surface area contributed by atoms with Crippen molar-refractivity contribution in [2.45, 2.75) is 6.92 Å². The normalized spacial score (nSPS) is 10.7. The van der Waals surface area contributed by atoms with Gasteiger partial charge in [-0.15, -0.1) is 0 Å². The van der Waals surface area contributed by atoms with Crippen LogP contribution in [0, 0.1) is 6.92 Å². The maximum absolute atomic E-state index is 11.0. The largest absolute Gasteiger partial charge is 0.476 e. The number of aromatic nitrogens is 2. The van der Waals surface area contributed by atoms with Gasteiger partial charge in [0.1, 0.15) is 0 Å². The first-order valence-electron chi connectivity index (χ1n) is 4.85. The molecule has 0 aliphatic rings. The van der Waals surface area contributed by atoms with Crippen LogP contribution in [0.5, 0.6) is 0 Å². The molecule has 0 bridgehead atoms. The minimum Gasteiger partial charge on any atom is -0.476 e. The highest BCUT2D eigenvalue weighted by Crippen LogP contribution is 2.29. The van der Waals surface area contributed by atoms with Crippen molar-refractivity contribution in [3.63, 3.8) is 0 Å². The molecule has 7 heteroatoms. The Morgan fingerprint density at radius 2 is 2.11 bits per heavy atom. The molecule has 1 aromatic carbocycles. The first-order chi connectivity index (χ1) is 8.41. The Morgan fingerprint density at radius 1 is 1.44 bits per heavy atom. The number of hydrogen-bond donors (Lipinski definition) is 1. The van der Waals surface area contributed by atoms with Gasteiger partial charge in [0.25, 0.3) is 0 Å². The van der Waals surface area contributed by atoms with E-state index in [-0.39, 0.29) is 5.69 Å². The summed E-state index contributed by atoms with van der Waals surface area (Å²) < 4.78 is 1.90. The smallest absolute Gasteiger partial charge is 0.357 e. The molecule has 0 saturated heterocycles. The lowest BCUT2D eigenvalue weighted by atomic mass is 10.3. The van der Waals surface area contributed by atoms with Crippen molar-refractivity contribution >= 4 is 45.1 Å². The number of carbonyl (C=O) groups is 1. The van der Waals surface area contributed by atoms with E-state index in [1.54, 1.807) is 25.1 Å². The fourth-order valence-corrected chi connectivity index (χ4v) is 2.41. The average molecular weight is 350 g/mol. The fourth-order valence-electron chi connectivity index (χ4n) is 1.51. The average Bonchev–Trinajstić information content (AvgIpc) is 2.57. The van der Waals surface area contributed by atoms with E-state index < -0.39 is 5.97 Å². The second kappa shape index (κ2) is 4.91. The van der Waals surface area contributed by atoms with Crippen molar-refractivity contribution in [1.29, 1.82) is 0 Å². The van der Waals surface area contributed by atoms with E-state index in [0.29, 0.717) is 25.9 Å². The summed E-state index contributed by atoms with van der Waals surface area (Å²) in [6, 6.07) is 4.93. The summed E-state index contributed by atoms with van der Waals surface area (Å²) in [5, 5.41) is 13.9. The molecule has 0 saturated carbocycles. The summed E-state index contributed by atoms with van der Waals surface area (Å²) >= 11 is 15.1. The van der Waals surface area contributed by atoms with Gasteiger partial charge in [-0.25, -0.2) is 9.48 Å². The van der Waals surface area contributed by atoms with Gasteiger partial charge in [-0.3, -0.25) is 0 Å². The second-order valence-electron chi connectivity index (χ2n) is 3.56. The Balaban J connectivity index is 2.64. The molecule has 0 aliphatic heterocycles. The Bertz CT molecular complexity index is 640. The Morgan fingerprint density at radius 3 is 2.61 bits per heavy atom. The van der Waals surface area contributed by atoms with Crippen molar-refractivity contribution in [3.8, 4) is 5.69 Å². The van der Waals surface area contributed by atoms with Crippen LogP contribution >= 0.6 is 39.1 Å². The van der Waals surface area contributed by atoms with E-state index in [0.717, 1.165) is 0 Å². The topological polar surface area (TPSA) is 55.1 Å². The lowest BCUT2D eigenvalue weighted by Gasteiger charge is -2.06. The van der Waals surface area contributed by atoms with Crippen LogP contribution in [0.2, 0.25) is 10.0 Å². The quantitative estimate of drug-likeness (QED) is 0.893. The molecule has 0 fully saturated rings. The summed E-state index contributed by atoms with van der Waals surface area (Å²) in [6.45, 7) is 1.74. The van der Waals surface area contributed by atoms with Crippen LogP contribution < -0.4 is 0 Å². The third-order valence-electron chi connectivity index (χ3n) is 2.38. The van der Waals surface area contributed by atoms with Gasteiger partial charge < -0.3 is 5.11 Å². The minimum absolute atomic E-state index is 0.0569. The van der Waals surface area contributed by atoms with Crippen molar-refractivity contribution < 1.29 is 9.90 Å². The number of halogens is 3. The molecule has 2 aromatic rings. The maximum atomic E-state index is 11.0. The first kappa shape index (κ1) is 13.4. The second-order valence-corrected chi connectivity index (χ2v) is 5.20. The molecular weight excluding hydrogens is 343 g/mol. The Kier molecular flexibility index (Phi) is 3.66. The number of hydrogen-bond acceptors (Lipinski definition) is 2. The summed E-state index contributed by atoms with van der Waals surface area (Å²) in [5.41, 5.74) is 1.17. The molecule has 0 atom stereocenters. The molecule has 2 rings (SSSR count). The van der Waals surface area contributed by atoms with Crippen LogP contribution in [0.25, 0.3) is 5.69 Å². The van der Waals surface area contributed by atoms with Gasteiger partial charge in [0, 0.05) is 5.02 Å². The number of carboxylic acid groups (broad SMARTS) is 1. The predicted molar refractivity (Wildman–Crippen MR) is 73.0 cm³/mol. The third kappa shape index (κ3) is 2.25. The number of rotatable bonds is 2. The van der Waals surface area contributed by atoms with Crippen molar-refractivity contribution in [2.24, 2.45) is 0 Å². The number of nitrogens with zero attached hydrogens (tertiary/aromatic N) is 2. The molecule has 1 aromatic heterocycles. The molecule has 4 nitrogen and oxygen atoms in total. The highest BCUT2D eigenvalue weighted by atomic mass is 79.9. The van der Waals surface area contributed by atoms with Crippen molar-refractivity contribution in [1.82, 2.24) is 9.78 Å². The zero-order valence-electron chi connectivity index (χ0n) is 9.12. The predicted octanol–water partition coefficient (Wildman–Crippen LogP) is 3.95. The maximum Gasteiger partial charge on any atom is 0.357 e. The lowest BCUT2D eigenvalue weighted by Crippen LogP contribution is -2.02. The van der Waals surface area contributed by atoms with Gasteiger partial charge in [-0.05, 0) is 41.1 Å². The minimum atomic E-state index is -1.10. The highest BCUT2D eigenvalue weighted by Gasteiger charge is 2.19. The Labute approximate surface area is 121 Å². The van der Waals surface area contributed by atoms with Gasteiger partial charge in [0.15, 0.2) is 5.69 Å². The first-order valence-corrected chi connectivity index (χ1v) is 6.40. The monoisotopic (exact) mass is 348 g/mol. The van der Waals surface area contributed by atoms with Gasteiger partial charge in [0.2, 0.25) is 0 Å². The molecule has 0 unspecified atom stereocenters. The summed E-state index contributed by atoms with van der Waals surface area (Å²) in [5.74, 6) is -1.10. The van der Waals surface area contributed by atoms with E-state index >= 15 is 0 Å². The molecular formula is C11H7BrCl2N2O2. The number of carboxylic acids is 1. The van der Waals surface area contributed by atoms with Crippen LogP contribution in [0.1, 0.15) is 16.2 Å².